The second-order valence-electron chi connectivity index (χ2n) is 4.25. The smallest absolute Gasteiger partial charge is 0.240 e. The van der Waals surface area contributed by atoms with E-state index in [4.69, 9.17) is 10.4 Å². The Bertz CT molecular complexity index is 442. The molecular weight excluding hydrogens is 228 g/mol. The van der Waals surface area contributed by atoms with Gasteiger partial charge in [-0.15, -0.1) is 0 Å². The number of phenolic OH excluding ortho intramolecular Hbond substituents is 1. The standard InChI is InChI=1S/C14H18N2O2/c1-3-14(4-2,10-15)13(18)16-9-11-5-7-12(17)8-6-11/h5-8,17H,3-4,9H2,1-2H3,(H,16,18). The van der Waals surface area contributed by atoms with Gasteiger partial charge in [0.2, 0.25) is 5.91 Å². The van der Waals surface area contributed by atoms with Gasteiger partial charge in [0.25, 0.3) is 0 Å². The Kier molecular flexibility index (Phi) is 4.73. The molecule has 1 rings (SSSR count). The number of phenols is 1. The topological polar surface area (TPSA) is 73.1 Å². The first-order chi connectivity index (χ1) is 8.57. The molecule has 0 atom stereocenters. The van der Waals surface area contributed by atoms with Crippen LogP contribution in [0.3, 0.4) is 0 Å². The molecule has 18 heavy (non-hydrogen) atoms. The molecule has 0 bridgehead atoms. The van der Waals surface area contributed by atoms with Crippen molar-refractivity contribution in [1.82, 2.24) is 5.32 Å². The molecule has 0 saturated heterocycles. The Morgan fingerprint density at radius 2 is 1.89 bits per heavy atom. The molecule has 0 saturated carbocycles. The van der Waals surface area contributed by atoms with Crippen LogP contribution in [0.5, 0.6) is 5.75 Å². The summed E-state index contributed by atoms with van der Waals surface area (Å²) in [6, 6.07) is 8.72. The zero-order valence-corrected chi connectivity index (χ0v) is 10.7. The number of nitrogens with zero attached hydrogens (tertiary/aromatic N) is 1. The monoisotopic (exact) mass is 246 g/mol. The molecule has 0 heterocycles. The fourth-order valence-electron chi connectivity index (χ4n) is 1.75. The van der Waals surface area contributed by atoms with Gasteiger partial charge in [-0.25, -0.2) is 0 Å². The summed E-state index contributed by atoms with van der Waals surface area (Å²) in [6.45, 7) is 4.04. The van der Waals surface area contributed by atoms with Crippen molar-refractivity contribution in [3.8, 4) is 11.8 Å². The van der Waals surface area contributed by atoms with Crippen molar-refractivity contribution in [2.75, 3.05) is 0 Å². The van der Waals surface area contributed by atoms with Crippen LogP contribution in [0.2, 0.25) is 0 Å². The summed E-state index contributed by atoms with van der Waals surface area (Å²) in [5.41, 5.74) is -0.0445. The van der Waals surface area contributed by atoms with Crippen LogP contribution >= 0.6 is 0 Å². The fraction of sp³-hybridized carbons (Fsp3) is 0.429. The Morgan fingerprint density at radius 3 is 2.33 bits per heavy atom. The van der Waals surface area contributed by atoms with E-state index in [0.29, 0.717) is 19.4 Å². The Balaban J connectivity index is 2.66. The number of carbonyl (C=O) groups is 1. The average Bonchev–Trinajstić information content (AvgIpc) is 2.41. The van der Waals surface area contributed by atoms with Crippen molar-refractivity contribution in [1.29, 1.82) is 5.26 Å². The molecule has 4 heteroatoms. The highest BCUT2D eigenvalue weighted by Crippen LogP contribution is 2.25. The van der Waals surface area contributed by atoms with Crippen molar-refractivity contribution in [2.45, 2.75) is 33.2 Å². The van der Waals surface area contributed by atoms with E-state index in [0.717, 1.165) is 5.56 Å². The van der Waals surface area contributed by atoms with E-state index in [9.17, 15) is 4.79 Å². The summed E-state index contributed by atoms with van der Waals surface area (Å²) >= 11 is 0. The molecule has 0 aliphatic rings. The Hall–Kier alpha value is -2.02. The highest BCUT2D eigenvalue weighted by atomic mass is 16.3. The van der Waals surface area contributed by atoms with Crippen LogP contribution in [-0.4, -0.2) is 11.0 Å². The van der Waals surface area contributed by atoms with Gasteiger partial charge in [-0.05, 0) is 30.5 Å². The quantitative estimate of drug-likeness (QED) is 0.837. The van der Waals surface area contributed by atoms with Crippen LogP contribution in [0.15, 0.2) is 24.3 Å². The third-order valence-electron chi connectivity index (χ3n) is 3.25. The minimum atomic E-state index is -0.934. The summed E-state index contributed by atoms with van der Waals surface area (Å²) in [7, 11) is 0. The summed E-state index contributed by atoms with van der Waals surface area (Å²) in [5, 5.41) is 21.1. The minimum absolute atomic E-state index is 0.193. The summed E-state index contributed by atoms with van der Waals surface area (Å²) < 4.78 is 0. The van der Waals surface area contributed by atoms with Crippen molar-refractivity contribution in [3.05, 3.63) is 29.8 Å². The van der Waals surface area contributed by atoms with Gasteiger partial charge in [-0.1, -0.05) is 26.0 Å². The molecule has 1 aromatic carbocycles. The SMILES string of the molecule is CCC(C#N)(CC)C(=O)NCc1ccc(O)cc1. The van der Waals surface area contributed by atoms with Gasteiger partial charge >= 0.3 is 0 Å². The van der Waals surface area contributed by atoms with Gasteiger partial charge in [0.05, 0.1) is 6.07 Å². The first-order valence-corrected chi connectivity index (χ1v) is 6.05. The summed E-state index contributed by atoms with van der Waals surface area (Å²) in [5.74, 6) is -0.0401. The lowest BCUT2D eigenvalue weighted by Crippen LogP contribution is -2.38. The first kappa shape index (κ1) is 14.0. The molecule has 0 radical (unpaired) electrons. The number of nitriles is 1. The van der Waals surface area contributed by atoms with E-state index in [1.807, 2.05) is 13.8 Å². The van der Waals surface area contributed by atoms with Gasteiger partial charge in [0, 0.05) is 6.54 Å². The molecule has 0 fully saturated rings. The van der Waals surface area contributed by atoms with Crippen LogP contribution in [0.4, 0.5) is 0 Å². The third kappa shape index (κ3) is 3.01. The van der Waals surface area contributed by atoms with Crippen LogP contribution < -0.4 is 5.32 Å². The number of nitrogens with one attached hydrogen (secondary N) is 1. The second kappa shape index (κ2) is 6.06. The molecule has 1 amide bonds. The van der Waals surface area contributed by atoms with E-state index < -0.39 is 5.41 Å². The van der Waals surface area contributed by atoms with Gasteiger partial charge in [-0.2, -0.15) is 5.26 Å². The molecule has 4 nitrogen and oxygen atoms in total. The molecule has 0 spiro atoms. The Labute approximate surface area is 107 Å². The number of aromatic hydroxyl groups is 1. The molecule has 0 aliphatic carbocycles. The van der Waals surface area contributed by atoms with Gasteiger partial charge < -0.3 is 10.4 Å². The zero-order chi connectivity index (χ0) is 13.6. The maximum Gasteiger partial charge on any atom is 0.240 e. The van der Waals surface area contributed by atoms with Crippen molar-refractivity contribution in [2.24, 2.45) is 5.41 Å². The van der Waals surface area contributed by atoms with Crippen molar-refractivity contribution < 1.29 is 9.90 Å². The molecular formula is C14H18N2O2. The van der Waals surface area contributed by atoms with Crippen LogP contribution in [0.25, 0.3) is 0 Å². The van der Waals surface area contributed by atoms with Crippen LogP contribution in [0, 0.1) is 16.7 Å². The molecule has 2 N–H and O–H groups in total. The summed E-state index contributed by atoms with van der Waals surface area (Å²) in [4.78, 5) is 12.0. The van der Waals surface area contributed by atoms with E-state index in [-0.39, 0.29) is 11.7 Å². The minimum Gasteiger partial charge on any atom is -0.508 e. The molecule has 96 valence electrons. The highest BCUT2D eigenvalue weighted by Gasteiger charge is 2.34. The van der Waals surface area contributed by atoms with Gasteiger partial charge in [0.1, 0.15) is 11.2 Å². The maximum atomic E-state index is 12.0. The van der Waals surface area contributed by atoms with Crippen LogP contribution in [-0.2, 0) is 11.3 Å². The highest BCUT2D eigenvalue weighted by molar-refractivity contribution is 5.85. The normalized spacial score (nSPS) is 10.7. The molecule has 1 aromatic rings. The predicted molar refractivity (Wildman–Crippen MR) is 68.6 cm³/mol. The third-order valence-corrected chi connectivity index (χ3v) is 3.25. The number of hydrogen-bond donors (Lipinski definition) is 2. The molecule has 0 aliphatic heterocycles. The predicted octanol–water partition coefficient (Wildman–Crippen LogP) is 2.34. The van der Waals surface area contributed by atoms with E-state index in [2.05, 4.69) is 11.4 Å². The zero-order valence-electron chi connectivity index (χ0n) is 10.7. The second-order valence-corrected chi connectivity index (χ2v) is 4.25. The largest absolute Gasteiger partial charge is 0.508 e. The number of rotatable bonds is 5. The molecule has 0 unspecified atom stereocenters. The lowest BCUT2D eigenvalue weighted by Gasteiger charge is -2.22. The van der Waals surface area contributed by atoms with Gasteiger partial charge in [0.15, 0.2) is 0 Å². The van der Waals surface area contributed by atoms with Crippen molar-refractivity contribution in [3.63, 3.8) is 0 Å². The average molecular weight is 246 g/mol. The van der Waals surface area contributed by atoms with Crippen molar-refractivity contribution >= 4 is 5.91 Å². The van der Waals surface area contributed by atoms with Gasteiger partial charge in [-0.3, -0.25) is 4.79 Å². The van der Waals surface area contributed by atoms with E-state index in [1.54, 1.807) is 24.3 Å². The Morgan fingerprint density at radius 1 is 1.33 bits per heavy atom. The first-order valence-electron chi connectivity index (χ1n) is 6.05. The summed E-state index contributed by atoms with van der Waals surface area (Å²) in [6.07, 6.45) is 1.00. The lowest BCUT2D eigenvalue weighted by molar-refractivity contribution is -0.128. The molecule has 0 aromatic heterocycles. The van der Waals surface area contributed by atoms with Crippen LogP contribution in [0.1, 0.15) is 32.3 Å². The number of amides is 1. The fourth-order valence-corrected chi connectivity index (χ4v) is 1.75. The number of hydrogen-bond acceptors (Lipinski definition) is 3. The van der Waals surface area contributed by atoms with E-state index >= 15 is 0 Å². The van der Waals surface area contributed by atoms with E-state index in [1.165, 1.54) is 0 Å². The number of benzene rings is 1. The lowest BCUT2D eigenvalue weighted by atomic mass is 9.83. The number of carbonyl (C=O) groups excluding carboxylic acids is 1. The maximum absolute atomic E-state index is 12.0.